The van der Waals surface area contributed by atoms with Crippen molar-refractivity contribution in [3.05, 3.63) is 0 Å². The van der Waals surface area contributed by atoms with Crippen LogP contribution >= 0.6 is 0 Å². The van der Waals surface area contributed by atoms with Gasteiger partial charge in [-0.2, -0.15) is 0 Å². The number of rotatable bonds is 5. The van der Waals surface area contributed by atoms with Crippen molar-refractivity contribution in [2.24, 2.45) is 5.92 Å². The maximum absolute atomic E-state index is 12.9. The van der Waals surface area contributed by atoms with Gasteiger partial charge < -0.3 is 20.3 Å². The molecule has 3 atom stereocenters. The fourth-order valence-corrected chi connectivity index (χ4v) is 3.66. The quantitative estimate of drug-likeness (QED) is 0.729. The molecule has 0 aromatic rings. The van der Waals surface area contributed by atoms with Crippen molar-refractivity contribution in [3.63, 3.8) is 0 Å². The minimum Gasteiger partial charge on any atom is -0.444 e. The van der Waals surface area contributed by atoms with Gasteiger partial charge in [-0.25, -0.2) is 4.79 Å². The third-order valence-corrected chi connectivity index (χ3v) is 5.03. The Hall–Kier alpha value is -1.79. The minimum atomic E-state index is -0.512. The Morgan fingerprint density at radius 1 is 1.23 bits per heavy atom. The molecule has 0 aromatic heterocycles. The van der Waals surface area contributed by atoms with Crippen LogP contribution in [0.1, 0.15) is 66.2 Å². The molecule has 1 aliphatic carbocycles. The monoisotopic (exact) mass is 367 g/mol. The number of carbonyl (C=O) groups is 3. The normalized spacial score (nSPS) is 26.6. The topological polar surface area (TPSA) is 87.7 Å². The smallest absolute Gasteiger partial charge is 0.407 e. The van der Waals surface area contributed by atoms with Crippen molar-refractivity contribution >= 4 is 17.9 Å². The molecular weight excluding hydrogens is 334 g/mol. The number of hydrogen-bond acceptors (Lipinski definition) is 4. The summed E-state index contributed by atoms with van der Waals surface area (Å²) < 4.78 is 5.19. The van der Waals surface area contributed by atoms with E-state index in [0.29, 0.717) is 13.1 Å². The molecule has 1 aliphatic heterocycles. The summed E-state index contributed by atoms with van der Waals surface area (Å²) in [5.41, 5.74) is -0.512. The Labute approximate surface area is 156 Å². The van der Waals surface area contributed by atoms with E-state index >= 15 is 0 Å². The molecule has 26 heavy (non-hydrogen) atoms. The third-order valence-electron chi connectivity index (χ3n) is 5.03. The first-order valence-corrected chi connectivity index (χ1v) is 9.77. The molecule has 7 nitrogen and oxygen atoms in total. The lowest BCUT2D eigenvalue weighted by molar-refractivity contribution is -0.140. The Morgan fingerprint density at radius 3 is 2.62 bits per heavy atom. The van der Waals surface area contributed by atoms with Gasteiger partial charge in [0.25, 0.3) is 0 Å². The van der Waals surface area contributed by atoms with E-state index in [1.54, 1.807) is 11.8 Å². The number of amides is 3. The van der Waals surface area contributed by atoms with E-state index in [9.17, 15) is 14.4 Å². The highest BCUT2D eigenvalue weighted by Gasteiger charge is 2.41. The van der Waals surface area contributed by atoms with Crippen LogP contribution in [0, 0.1) is 5.92 Å². The van der Waals surface area contributed by atoms with Crippen molar-refractivity contribution in [2.45, 2.75) is 83.9 Å². The van der Waals surface area contributed by atoms with Crippen molar-refractivity contribution in [1.29, 1.82) is 0 Å². The van der Waals surface area contributed by atoms with Crippen molar-refractivity contribution in [2.75, 3.05) is 13.1 Å². The van der Waals surface area contributed by atoms with Crippen LogP contribution in [0.5, 0.6) is 0 Å². The van der Waals surface area contributed by atoms with E-state index in [4.69, 9.17) is 4.74 Å². The van der Waals surface area contributed by atoms with Gasteiger partial charge in [0.15, 0.2) is 0 Å². The highest BCUT2D eigenvalue weighted by atomic mass is 16.6. The average Bonchev–Trinajstić information content (AvgIpc) is 2.63. The summed E-state index contributed by atoms with van der Waals surface area (Å²) >= 11 is 0. The lowest BCUT2D eigenvalue weighted by atomic mass is 9.84. The second-order valence-corrected chi connectivity index (χ2v) is 8.35. The summed E-state index contributed by atoms with van der Waals surface area (Å²) in [5, 5.41) is 5.78. The Balaban J connectivity index is 1.80. The van der Waals surface area contributed by atoms with Crippen molar-refractivity contribution < 1.29 is 19.1 Å². The van der Waals surface area contributed by atoms with Crippen LogP contribution in [-0.4, -0.2) is 53.6 Å². The molecule has 3 amide bonds. The van der Waals surface area contributed by atoms with E-state index in [2.05, 4.69) is 10.6 Å². The number of hydrogen-bond donors (Lipinski definition) is 2. The SMILES string of the molecule is C[C@H]1C(=O)N[C@H]2CCCC[C@H]2C(=O)N1CCCCNC(=O)OC(C)(C)C. The van der Waals surface area contributed by atoms with Gasteiger partial charge in [0.05, 0.1) is 5.92 Å². The number of alkyl carbamates (subject to hydrolysis) is 1. The van der Waals surface area contributed by atoms with E-state index < -0.39 is 17.7 Å². The highest BCUT2D eigenvalue weighted by Crippen LogP contribution is 2.29. The number of nitrogens with zero attached hydrogens (tertiary/aromatic N) is 1. The first-order valence-electron chi connectivity index (χ1n) is 9.77. The summed E-state index contributed by atoms with van der Waals surface area (Å²) in [6.07, 6.45) is 4.89. The van der Waals surface area contributed by atoms with Crippen molar-refractivity contribution in [1.82, 2.24) is 15.5 Å². The molecule has 0 aromatic carbocycles. The lowest BCUT2D eigenvalue weighted by Crippen LogP contribution is -2.45. The van der Waals surface area contributed by atoms with E-state index in [-0.39, 0.29) is 23.8 Å². The second-order valence-electron chi connectivity index (χ2n) is 8.35. The third kappa shape index (κ3) is 5.61. The second kappa shape index (κ2) is 8.73. The van der Waals surface area contributed by atoms with Crippen LogP contribution in [0.3, 0.4) is 0 Å². The summed E-state index contributed by atoms with van der Waals surface area (Å²) in [7, 11) is 0. The van der Waals surface area contributed by atoms with Crippen LogP contribution in [0.15, 0.2) is 0 Å². The van der Waals surface area contributed by atoms with Gasteiger partial charge in [0.1, 0.15) is 11.6 Å². The highest BCUT2D eigenvalue weighted by molar-refractivity contribution is 5.91. The molecule has 0 unspecified atom stereocenters. The number of carbonyl (C=O) groups excluding carboxylic acids is 3. The molecule has 2 fully saturated rings. The van der Waals surface area contributed by atoms with Gasteiger partial charge in [-0.15, -0.1) is 0 Å². The van der Waals surface area contributed by atoms with Gasteiger partial charge in [-0.3, -0.25) is 9.59 Å². The van der Waals surface area contributed by atoms with Crippen LogP contribution in [0.4, 0.5) is 4.79 Å². The Bertz CT molecular complexity index is 529. The maximum Gasteiger partial charge on any atom is 0.407 e. The molecule has 1 heterocycles. The molecule has 1 saturated carbocycles. The predicted molar refractivity (Wildman–Crippen MR) is 98.5 cm³/mol. The van der Waals surface area contributed by atoms with E-state index in [0.717, 1.165) is 38.5 Å². The van der Waals surface area contributed by atoms with Crippen LogP contribution in [0.25, 0.3) is 0 Å². The van der Waals surface area contributed by atoms with Gasteiger partial charge in [-0.05, 0) is 53.4 Å². The molecular formula is C19H33N3O4. The average molecular weight is 367 g/mol. The van der Waals surface area contributed by atoms with Gasteiger partial charge in [0.2, 0.25) is 11.8 Å². The minimum absolute atomic E-state index is 0.00923. The lowest BCUT2D eigenvalue weighted by Gasteiger charge is -2.31. The molecule has 148 valence electrons. The summed E-state index contributed by atoms with van der Waals surface area (Å²) in [6.45, 7) is 8.28. The van der Waals surface area contributed by atoms with E-state index in [1.165, 1.54) is 0 Å². The molecule has 2 rings (SSSR count). The zero-order valence-electron chi connectivity index (χ0n) is 16.5. The van der Waals surface area contributed by atoms with E-state index in [1.807, 2.05) is 20.8 Å². The first-order chi connectivity index (χ1) is 12.2. The Kier molecular flexibility index (Phi) is 6.89. The van der Waals surface area contributed by atoms with Gasteiger partial charge >= 0.3 is 6.09 Å². The zero-order chi connectivity index (χ0) is 19.3. The van der Waals surface area contributed by atoms with Crippen LogP contribution in [0.2, 0.25) is 0 Å². The summed E-state index contributed by atoms with van der Waals surface area (Å²) in [5.74, 6) is -0.0437. The fourth-order valence-electron chi connectivity index (χ4n) is 3.66. The molecule has 2 N–H and O–H groups in total. The van der Waals surface area contributed by atoms with Gasteiger partial charge in [0, 0.05) is 19.1 Å². The number of nitrogens with one attached hydrogen (secondary N) is 2. The predicted octanol–water partition coefficient (Wildman–Crippen LogP) is 2.20. The molecule has 0 spiro atoms. The molecule has 0 radical (unpaired) electrons. The Morgan fingerprint density at radius 2 is 1.92 bits per heavy atom. The first kappa shape index (κ1) is 20.5. The van der Waals surface area contributed by atoms with Crippen LogP contribution < -0.4 is 10.6 Å². The number of ether oxygens (including phenoxy) is 1. The largest absolute Gasteiger partial charge is 0.444 e. The molecule has 7 heteroatoms. The molecule has 1 saturated heterocycles. The molecule has 2 aliphatic rings. The standard InChI is InChI=1S/C19H33N3O4/c1-13-16(23)21-15-10-6-5-9-14(15)17(24)22(13)12-8-7-11-20-18(25)26-19(2,3)4/h13-15H,5-12H2,1-4H3,(H,20,25)(H,21,23)/t13-,14+,15-/m0/s1. The van der Waals surface area contributed by atoms with Crippen molar-refractivity contribution in [3.8, 4) is 0 Å². The maximum atomic E-state index is 12.9. The van der Waals surface area contributed by atoms with Gasteiger partial charge in [-0.1, -0.05) is 12.8 Å². The number of fused-ring (bicyclic) bond motifs is 1. The summed E-state index contributed by atoms with van der Waals surface area (Å²) in [4.78, 5) is 38.6. The fraction of sp³-hybridized carbons (Fsp3) is 0.842. The molecule has 0 bridgehead atoms. The number of unbranched alkanes of at least 4 members (excludes halogenated alkanes) is 1. The summed E-state index contributed by atoms with van der Waals surface area (Å²) in [6, 6.07) is -0.447. The van der Waals surface area contributed by atoms with Crippen LogP contribution in [-0.2, 0) is 14.3 Å². The zero-order valence-corrected chi connectivity index (χ0v) is 16.5.